The number of pyridine rings is 1. The van der Waals surface area contributed by atoms with Gasteiger partial charge in [-0.1, -0.05) is 0 Å². The molecule has 5 heteroatoms. The molecule has 0 spiro atoms. The van der Waals surface area contributed by atoms with Crippen LogP contribution in [0.15, 0.2) is 18.3 Å². The van der Waals surface area contributed by atoms with Crippen molar-refractivity contribution < 1.29 is 9.53 Å². The minimum atomic E-state index is 0.0729. The van der Waals surface area contributed by atoms with E-state index in [0.29, 0.717) is 25.3 Å². The first kappa shape index (κ1) is 15.4. The number of carbonyl (C=O) groups is 1. The fourth-order valence-corrected chi connectivity index (χ4v) is 3.06. The largest absolute Gasteiger partial charge is 0.373 e. The van der Waals surface area contributed by atoms with Crippen LogP contribution in [0.3, 0.4) is 0 Å². The van der Waals surface area contributed by atoms with Gasteiger partial charge in [-0.2, -0.15) is 0 Å². The maximum atomic E-state index is 12.7. The van der Waals surface area contributed by atoms with E-state index >= 15 is 0 Å². The highest BCUT2D eigenvalue weighted by molar-refractivity contribution is 5.95. The van der Waals surface area contributed by atoms with E-state index in [1.165, 1.54) is 12.8 Å². The Kier molecular flexibility index (Phi) is 4.74. The number of carbonyl (C=O) groups excluding carboxylic acids is 1. The third-order valence-electron chi connectivity index (χ3n) is 4.45. The molecule has 0 N–H and O–H groups in total. The molecule has 1 aromatic heterocycles. The van der Waals surface area contributed by atoms with Gasteiger partial charge in [-0.3, -0.25) is 9.78 Å². The topological polar surface area (TPSA) is 45.7 Å². The van der Waals surface area contributed by atoms with Crippen LogP contribution in [-0.4, -0.2) is 66.6 Å². The molecule has 1 aliphatic carbocycles. The maximum Gasteiger partial charge on any atom is 0.255 e. The lowest BCUT2D eigenvalue weighted by Gasteiger charge is -2.35. The first-order valence-corrected chi connectivity index (χ1v) is 8.14. The van der Waals surface area contributed by atoms with Gasteiger partial charge in [0.25, 0.3) is 5.91 Å². The van der Waals surface area contributed by atoms with Crippen LogP contribution in [0.1, 0.15) is 28.9 Å². The van der Waals surface area contributed by atoms with E-state index in [-0.39, 0.29) is 12.0 Å². The summed E-state index contributed by atoms with van der Waals surface area (Å²) in [6.07, 6.45) is 4.56. The monoisotopic (exact) mass is 303 g/mol. The van der Waals surface area contributed by atoms with Gasteiger partial charge in [0.05, 0.1) is 18.3 Å². The quantitative estimate of drug-likeness (QED) is 0.828. The van der Waals surface area contributed by atoms with E-state index in [2.05, 4.69) is 16.9 Å². The molecule has 22 heavy (non-hydrogen) atoms. The number of likely N-dealkylation sites (N-methyl/N-ethyl adjacent to an activating group) is 1. The summed E-state index contributed by atoms with van der Waals surface area (Å²) in [5.41, 5.74) is 1.50. The number of rotatable bonds is 5. The van der Waals surface area contributed by atoms with Crippen LogP contribution >= 0.6 is 0 Å². The van der Waals surface area contributed by atoms with Crippen molar-refractivity contribution >= 4 is 5.91 Å². The van der Waals surface area contributed by atoms with E-state index in [1.54, 1.807) is 6.20 Å². The minimum absolute atomic E-state index is 0.0729. The molecule has 2 aliphatic rings. The van der Waals surface area contributed by atoms with Crippen LogP contribution in [0.2, 0.25) is 0 Å². The summed E-state index contributed by atoms with van der Waals surface area (Å²) in [5.74, 6) is 0.952. The van der Waals surface area contributed by atoms with Gasteiger partial charge >= 0.3 is 0 Å². The second-order valence-electron chi connectivity index (χ2n) is 6.54. The molecule has 1 atom stereocenters. The van der Waals surface area contributed by atoms with Gasteiger partial charge in [0, 0.05) is 38.1 Å². The fraction of sp³-hybridized carbons (Fsp3) is 0.647. The van der Waals surface area contributed by atoms with Gasteiger partial charge in [0.1, 0.15) is 0 Å². The zero-order valence-electron chi connectivity index (χ0n) is 13.5. The smallest absolute Gasteiger partial charge is 0.255 e. The third-order valence-corrected chi connectivity index (χ3v) is 4.45. The van der Waals surface area contributed by atoms with Crippen molar-refractivity contribution in [1.82, 2.24) is 14.8 Å². The maximum absolute atomic E-state index is 12.7. The number of morpholine rings is 1. The van der Waals surface area contributed by atoms with E-state index in [0.717, 1.165) is 24.7 Å². The summed E-state index contributed by atoms with van der Waals surface area (Å²) < 4.78 is 5.85. The molecule has 0 bridgehead atoms. The Labute approximate surface area is 132 Å². The first-order valence-electron chi connectivity index (χ1n) is 8.14. The van der Waals surface area contributed by atoms with E-state index in [9.17, 15) is 4.79 Å². The molecular weight excluding hydrogens is 278 g/mol. The number of hydrogen-bond acceptors (Lipinski definition) is 4. The Hall–Kier alpha value is -1.46. The van der Waals surface area contributed by atoms with Gasteiger partial charge in [-0.05, 0) is 44.9 Å². The SMILES string of the molecule is Cc1ncccc1C(=O)N1CCO[C@H](CN(C)CC2CC2)C1. The number of aryl methyl sites for hydroxylation is 1. The van der Waals surface area contributed by atoms with Crippen LogP contribution in [-0.2, 0) is 4.74 Å². The van der Waals surface area contributed by atoms with Crippen LogP contribution in [0.4, 0.5) is 0 Å². The van der Waals surface area contributed by atoms with Crippen LogP contribution in [0.5, 0.6) is 0 Å². The van der Waals surface area contributed by atoms with Crippen LogP contribution < -0.4 is 0 Å². The molecular formula is C17H25N3O2. The normalized spacial score (nSPS) is 22.1. The highest BCUT2D eigenvalue weighted by atomic mass is 16.5. The van der Waals surface area contributed by atoms with Gasteiger partial charge in [0.2, 0.25) is 0 Å². The molecule has 3 rings (SSSR count). The third kappa shape index (κ3) is 3.84. The summed E-state index contributed by atoms with van der Waals surface area (Å²) >= 11 is 0. The summed E-state index contributed by atoms with van der Waals surface area (Å²) in [7, 11) is 2.15. The van der Waals surface area contributed by atoms with Crippen molar-refractivity contribution in [2.45, 2.75) is 25.9 Å². The molecule has 0 radical (unpaired) electrons. The van der Waals surface area contributed by atoms with Crippen molar-refractivity contribution in [2.75, 3.05) is 39.8 Å². The highest BCUT2D eigenvalue weighted by Gasteiger charge is 2.28. The molecule has 1 aliphatic heterocycles. The van der Waals surface area contributed by atoms with E-state index < -0.39 is 0 Å². The van der Waals surface area contributed by atoms with E-state index in [1.807, 2.05) is 24.0 Å². The van der Waals surface area contributed by atoms with Gasteiger partial charge in [0.15, 0.2) is 0 Å². The average molecular weight is 303 g/mol. The number of ether oxygens (including phenoxy) is 1. The highest BCUT2D eigenvalue weighted by Crippen LogP contribution is 2.29. The summed E-state index contributed by atoms with van der Waals surface area (Å²) in [5, 5.41) is 0. The zero-order chi connectivity index (χ0) is 15.5. The molecule has 0 aromatic carbocycles. The second-order valence-corrected chi connectivity index (χ2v) is 6.54. The van der Waals surface area contributed by atoms with Crippen LogP contribution in [0.25, 0.3) is 0 Å². The lowest BCUT2D eigenvalue weighted by atomic mass is 10.1. The predicted molar refractivity (Wildman–Crippen MR) is 84.8 cm³/mol. The number of nitrogens with zero attached hydrogens (tertiary/aromatic N) is 3. The number of amides is 1. The number of aromatic nitrogens is 1. The summed E-state index contributed by atoms with van der Waals surface area (Å²) in [6, 6.07) is 3.68. The Morgan fingerprint density at radius 3 is 3.00 bits per heavy atom. The Balaban J connectivity index is 1.57. The first-order chi connectivity index (χ1) is 10.6. The zero-order valence-corrected chi connectivity index (χ0v) is 13.5. The Morgan fingerprint density at radius 2 is 2.27 bits per heavy atom. The standard InChI is InChI=1S/C17H25N3O2/c1-13-16(4-3-7-18-13)17(21)20-8-9-22-15(12-20)11-19(2)10-14-5-6-14/h3-4,7,14-15H,5-6,8-12H2,1-2H3/t15-/m1/s1. The van der Waals surface area contributed by atoms with Crippen molar-refractivity contribution in [3.8, 4) is 0 Å². The fourth-order valence-electron chi connectivity index (χ4n) is 3.06. The van der Waals surface area contributed by atoms with Gasteiger partial charge < -0.3 is 14.5 Å². The predicted octanol–water partition coefficient (Wildman–Crippen LogP) is 1.57. The molecule has 5 nitrogen and oxygen atoms in total. The van der Waals surface area contributed by atoms with Crippen molar-refractivity contribution in [3.63, 3.8) is 0 Å². The lowest BCUT2D eigenvalue weighted by molar-refractivity contribution is -0.0334. The van der Waals surface area contributed by atoms with Crippen molar-refractivity contribution in [3.05, 3.63) is 29.6 Å². The molecule has 2 heterocycles. The number of hydrogen-bond donors (Lipinski definition) is 0. The minimum Gasteiger partial charge on any atom is -0.373 e. The molecule has 1 saturated carbocycles. The summed E-state index contributed by atoms with van der Waals surface area (Å²) in [6.45, 7) is 5.88. The molecule has 1 saturated heterocycles. The van der Waals surface area contributed by atoms with Gasteiger partial charge in [-0.25, -0.2) is 0 Å². The van der Waals surface area contributed by atoms with Crippen molar-refractivity contribution in [1.29, 1.82) is 0 Å². The Bertz CT molecular complexity index is 530. The van der Waals surface area contributed by atoms with Gasteiger partial charge in [-0.15, -0.1) is 0 Å². The second kappa shape index (κ2) is 6.75. The average Bonchev–Trinajstić information content (AvgIpc) is 3.31. The van der Waals surface area contributed by atoms with Crippen molar-refractivity contribution in [2.24, 2.45) is 5.92 Å². The summed E-state index contributed by atoms with van der Waals surface area (Å²) in [4.78, 5) is 21.1. The van der Waals surface area contributed by atoms with E-state index in [4.69, 9.17) is 4.74 Å². The Morgan fingerprint density at radius 1 is 1.45 bits per heavy atom. The lowest BCUT2D eigenvalue weighted by Crippen LogP contribution is -2.49. The molecule has 1 amide bonds. The molecule has 2 fully saturated rings. The molecule has 1 aromatic rings. The van der Waals surface area contributed by atoms with Crippen LogP contribution in [0, 0.1) is 12.8 Å². The molecule has 0 unspecified atom stereocenters. The molecule has 120 valence electrons.